The highest BCUT2D eigenvalue weighted by Crippen LogP contribution is 2.21. The van der Waals surface area contributed by atoms with Gasteiger partial charge in [0.1, 0.15) is 10.0 Å². The normalized spacial score (nSPS) is 16.2. The summed E-state index contributed by atoms with van der Waals surface area (Å²) in [6.45, 7) is 3.25. The average molecular weight is 398 g/mol. The first-order chi connectivity index (χ1) is 12.3. The lowest BCUT2D eigenvalue weighted by molar-refractivity contribution is 0.380. The summed E-state index contributed by atoms with van der Waals surface area (Å²) in [5.74, 6) is 0.178. The van der Waals surface area contributed by atoms with Crippen LogP contribution in [0.3, 0.4) is 0 Å². The fourth-order valence-electron chi connectivity index (χ4n) is 2.70. The molecule has 1 aromatic carbocycles. The van der Waals surface area contributed by atoms with E-state index in [0.717, 1.165) is 35.0 Å². The van der Waals surface area contributed by atoms with Crippen molar-refractivity contribution in [3.63, 3.8) is 0 Å². The minimum absolute atomic E-state index is 0.120. The zero-order chi connectivity index (χ0) is 18.7. The average Bonchev–Trinajstić information content (AvgIpc) is 3.10. The van der Waals surface area contributed by atoms with Gasteiger partial charge in [0.25, 0.3) is 0 Å². The molecular weight excluding hydrogens is 377 g/mol. The van der Waals surface area contributed by atoms with E-state index in [9.17, 15) is 12.8 Å². The van der Waals surface area contributed by atoms with Gasteiger partial charge >= 0.3 is 0 Å². The lowest BCUT2D eigenvalue weighted by Gasteiger charge is -2.36. The Morgan fingerprint density at radius 2 is 1.77 bits per heavy atom. The van der Waals surface area contributed by atoms with E-state index in [1.165, 1.54) is 18.2 Å². The van der Waals surface area contributed by atoms with Gasteiger partial charge in [-0.25, -0.2) is 22.9 Å². The Kier molecular flexibility index (Phi) is 5.44. The van der Waals surface area contributed by atoms with Crippen LogP contribution < -0.4 is 15.8 Å². The Hall–Kier alpha value is -2.17. The number of nitrogens with two attached hydrogens (primary N) is 2. The third-order valence-corrected chi connectivity index (χ3v) is 6.62. The van der Waals surface area contributed by atoms with E-state index in [-0.39, 0.29) is 10.0 Å². The highest BCUT2D eigenvalue weighted by molar-refractivity contribution is 7.91. The van der Waals surface area contributed by atoms with Gasteiger partial charge in [-0.2, -0.15) is 0 Å². The minimum atomic E-state index is -3.68. The summed E-state index contributed by atoms with van der Waals surface area (Å²) in [5, 5.41) is 5.10. The van der Waals surface area contributed by atoms with Crippen LogP contribution in [0.2, 0.25) is 0 Å². The number of anilines is 1. The minimum Gasteiger partial charge on any atom is -0.370 e. The second kappa shape index (κ2) is 7.60. The zero-order valence-electron chi connectivity index (χ0n) is 14.0. The van der Waals surface area contributed by atoms with E-state index in [4.69, 9.17) is 10.9 Å². The van der Waals surface area contributed by atoms with Crippen molar-refractivity contribution < 1.29 is 12.8 Å². The van der Waals surface area contributed by atoms with Crippen LogP contribution in [-0.4, -0.2) is 45.5 Å². The number of piperazine rings is 1. The third-order valence-electron chi connectivity index (χ3n) is 4.11. The van der Waals surface area contributed by atoms with Crippen LogP contribution in [0.4, 0.5) is 10.1 Å². The number of benzene rings is 1. The molecule has 10 heteroatoms. The van der Waals surface area contributed by atoms with E-state index >= 15 is 0 Å². The first-order valence-electron chi connectivity index (χ1n) is 8.00. The molecule has 0 radical (unpaired) electrons. The Morgan fingerprint density at radius 1 is 1.12 bits per heavy atom. The van der Waals surface area contributed by atoms with E-state index in [1.807, 2.05) is 4.90 Å². The molecule has 3 rings (SSSR count). The largest absolute Gasteiger partial charge is 0.370 e. The predicted octanol–water partition coefficient (Wildman–Crippen LogP) is 1.17. The van der Waals surface area contributed by atoms with Crippen LogP contribution in [0.1, 0.15) is 4.88 Å². The summed E-state index contributed by atoms with van der Waals surface area (Å²) < 4.78 is 35.7. The molecule has 0 atom stereocenters. The number of rotatable bonds is 4. The third kappa shape index (κ3) is 4.51. The van der Waals surface area contributed by atoms with Crippen LogP contribution in [0.25, 0.3) is 0 Å². The molecule has 0 amide bonds. The van der Waals surface area contributed by atoms with Crippen LogP contribution in [0.5, 0.6) is 0 Å². The van der Waals surface area contributed by atoms with Gasteiger partial charge in [-0.3, -0.25) is 0 Å². The summed E-state index contributed by atoms with van der Waals surface area (Å²) >= 11 is 1.09. The molecular formula is C16H20FN5O2S2. The van der Waals surface area contributed by atoms with E-state index in [2.05, 4.69) is 9.89 Å². The molecule has 2 heterocycles. The monoisotopic (exact) mass is 397 g/mol. The number of primary sulfonamides is 1. The topological polar surface area (TPSA) is 105 Å². The maximum atomic E-state index is 13.0. The molecule has 0 unspecified atom stereocenters. The van der Waals surface area contributed by atoms with E-state index in [1.54, 1.807) is 18.2 Å². The lowest BCUT2D eigenvalue weighted by atomic mass is 10.2. The molecule has 140 valence electrons. The fraction of sp³-hybridized carbons (Fsp3) is 0.312. The van der Waals surface area contributed by atoms with Crippen molar-refractivity contribution in [2.75, 3.05) is 31.1 Å². The molecule has 4 N–H and O–H groups in total. The summed E-state index contributed by atoms with van der Waals surface area (Å²) in [6.07, 6.45) is 0. The maximum Gasteiger partial charge on any atom is 0.247 e. The predicted molar refractivity (Wildman–Crippen MR) is 101 cm³/mol. The molecule has 0 bridgehead atoms. The van der Waals surface area contributed by atoms with Gasteiger partial charge in [-0.05, 0) is 36.4 Å². The first kappa shape index (κ1) is 18.6. The molecule has 0 saturated carbocycles. The van der Waals surface area contributed by atoms with Gasteiger partial charge in [0.15, 0.2) is 5.96 Å². The van der Waals surface area contributed by atoms with Gasteiger partial charge in [-0.1, -0.05) is 0 Å². The number of hydrogen-bond acceptors (Lipinski definition) is 5. The highest BCUT2D eigenvalue weighted by atomic mass is 32.2. The Morgan fingerprint density at radius 3 is 2.35 bits per heavy atom. The molecule has 2 aromatic rings. The number of thiophene rings is 1. The van der Waals surface area contributed by atoms with Gasteiger partial charge in [0.05, 0.1) is 6.54 Å². The number of sulfonamides is 1. The van der Waals surface area contributed by atoms with E-state index in [0.29, 0.717) is 25.6 Å². The molecule has 0 aliphatic carbocycles. The molecule has 0 spiro atoms. The summed E-state index contributed by atoms with van der Waals surface area (Å²) in [5.41, 5.74) is 7.04. The van der Waals surface area contributed by atoms with Crippen molar-refractivity contribution in [3.05, 3.63) is 47.1 Å². The first-order valence-corrected chi connectivity index (χ1v) is 10.4. The number of guanidine groups is 1. The molecule has 26 heavy (non-hydrogen) atoms. The molecule has 1 aliphatic heterocycles. The Balaban J connectivity index is 1.56. The van der Waals surface area contributed by atoms with Crippen molar-refractivity contribution in [1.82, 2.24) is 4.90 Å². The van der Waals surface area contributed by atoms with Crippen molar-refractivity contribution >= 4 is 33.0 Å². The van der Waals surface area contributed by atoms with Crippen LogP contribution in [-0.2, 0) is 16.6 Å². The fourth-order valence-corrected chi connectivity index (χ4v) is 4.40. The van der Waals surface area contributed by atoms with Crippen molar-refractivity contribution in [2.24, 2.45) is 15.9 Å². The standard InChI is InChI=1S/C16H20FN5O2S2/c17-12-1-3-13(4-2-12)21-7-9-22(10-8-21)16(18)20-11-14-5-6-15(25-14)26(19,23)24/h1-6H,7-11H2,(H2,18,20)(H2,19,23,24). The van der Waals surface area contributed by atoms with E-state index < -0.39 is 10.0 Å². The molecule has 7 nitrogen and oxygen atoms in total. The van der Waals surface area contributed by atoms with Gasteiger partial charge in [0, 0.05) is 36.7 Å². The lowest BCUT2D eigenvalue weighted by Crippen LogP contribution is -2.51. The molecule has 1 aliphatic rings. The summed E-state index contributed by atoms with van der Waals surface area (Å²) in [6, 6.07) is 9.60. The second-order valence-electron chi connectivity index (χ2n) is 5.89. The Labute approximate surface area is 155 Å². The van der Waals surface area contributed by atoms with Crippen molar-refractivity contribution in [3.8, 4) is 0 Å². The molecule has 1 aromatic heterocycles. The number of aliphatic imine (C=N–C) groups is 1. The van der Waals surface area contributed by atoms with Gasteiger partial charge in [-0.15, -0.1) is 11.3 Å². The van der Waals surface area contributed by atoms with Crippen LogP contribution in [0.15, 0.2) is 45.6 Å². The SMILES string of the molecule is NC(=NCc1ccc(S(N)(=O)=O)s1)N1CCN(c2ccc(F)cc2)CC1. The van der Waals surface area contributed by atoms with Crippen molar-refractivity contribution in [1.29, 1.82) is 0 Å². The molecule has 1 saturated heterocycles. The number of halogens is 1. The second-order valence-corrected chi connectivity index (χ2v) is 8.85. The summed E-state index contributed by atoms with van der Waals surface area (Å²) in [4.78, 5) is 9.28. The smallest absolute Gasteiger partial charge is 0.247 e. The molecule has 1 fully saturated rings. The quantitative estimate of drug-likeness (QED) is 0.595. The van der Waals surface area contributed by atoms with Gasteiger partial charge in [0.2, 0.25) is 10.0 Å². The number of nitrogens with zero attached hydrogens (tertiary/aromatic N) is 3. The van der Waals surface area contributed by atoms with Crippen molar-refractivity contribution in [2.45, 2.75) is 10.8 Å². The van der Waals surface area contributed by atoms with Crippen LogP contribution >= 0.6 is 11.3 Å². The highest BCUT2D eigenvalue weighted by Gasteiger charge is 2.18. The number of hydrogen-bond donors (Lipinski definition) is 2. The van der Waals surface area contributed by atoms with Gasteiger partial charge < -0.3 is 15.5 Å². The summed E-state index contributed by atoms with van der Waals surface area (Å²) in [7, 11) is -3.68. The Bertz CT molecular complexity index is 888. The zero-order valence-corrected chi connectivity index (χ0v) is 15.6. The maximum absolute atomic E-state index is 13.0. The van der Waals surface area contributed by atoms with Crippen LogP contribution in [0, 0.1) is 5.82 Å².